The number of rotatable bonds is 1. The fourth-order valence-corrected chi connectivity index (χ4v) is 2.29. The molecule has 0 amide bonds. The molecule has 0 aliphatic carbocycles. The third kappa shape index (κ3) is 1.82. The lowest BCUT2D eigenvalue weighted by Gasteiger charge is -2.07. The van der Waals surface area contributed by atoms with Gasteiger partial charge in [-0.2, -0.15) is 4.57 Å². The number of carbonyl (C=O) groups excluding carboxylic acids is 1. The predicted octanol–water partition coefficient (Wildman–Crippen LogP) is 0.122. The number of nitrogens with zero attached hydrogens (tertiary/aromatic N) is 4. The van der Waals surface area contributed by atoms with Gasteiger partial charge in [0.05, 0.1) is 6.33 Å². The van der Waals surface area contributed by atoms with Gasteiger partial charge in [-0.1, -0.05) is 18.2 Å². The number of aryl methyl sites for hydroxylation is 2. The highest BCUT2D eigenvalue weighted by Crippen LogP contribution is 2.05. The van der Waals surface area contributed by atoms with E-state index in [2.05, 4.69) is 4.98 Å². The molecule has 1 aromatic carbocycles. The van der Waals surface area contributed by atoms with Crippen LogP contribution >= 0.6 is 0 Å². The van der Waals surface area contributed by atoms with Crippen LogP contribution in [-0.2, 0) is 14.1 Å². The second-order valence-corrected chi connectivity index (χ2v) is 4.68. The maximum absolute atomic E-state index is 12.4. The Morgan fingerprint density at radius 1 is 1.10 bits per heavy atom. The molecule has 0 saturated carbocycles. The largest absolute Gasteiger partial charge is 0.339 e. The Morgan fingerprint density at radius 3 is 2.43 bits per heavy atom. The zero-order valence-electron chi connectivity index (χ0n) is 11.5. The molecule has 0 saturated heterocycles. The van der Waals surface area contributed by atoms with Gasteiger partial charge in [0.15, 0.2) is 5.52 Å². The van der Waals surface area contributed by atoms with Crippen molar-refractivity contribution in [2.24, 2.45) is 14.1 Å². The molecule has 106 valence electrons. The topological polar surface area (TPSA) is 78.9 Å². The molecule has 3 aromatic rings. The van der Waals surface area contributed by atoms with Gasteiger partial charge in [0.1, 0.15) is 5.65 Å². The van der Waals surface area contributed by atoms with Gasteiger partial charge in [-0.15, -0.1) is 0 Å². The normalized spacial score (nSPS) is 11.0. The van der Waals surface area contributed by atoms with Crippen molar-refractivity contribution in [1.82, 2.24) is 18.7 Å². The van der Waals surface area contributed by atoms with E-state index in [4.69, 9.17) is 0 Å². The van der Waals surface area contributed by atoms with Crippen molar-refractivity contribution in [3.63, 3.8) is 0 Å². The Bertz CT molecular complexity index is 964. The van der Waals surface area contributed by atoms with Crippen LogP contribution in [0.5, 0.6) is 0 Å². The average molecular weight is 284 g/mol. The first-order chi connectivity index (χ1) is 10.0. The first-order valence-corrected chi connectivity index (χ1v) is 6.25. The van der Waals surface area contributed by atoms with Crippen molar-refractivity contribution in [1.29, 1.82) is 0 Å². The van der Waals surface area contributed by atoms with Crippen molar-refractivity contribution >= 4 is 17.1 Å². The van der Waals surface area contributed by atoms with Gasteiger partial charge in [0, 0.05) is 19.7 Å². The van der Waals surface area contributed by atoms with E-state index in [9.17, 15) is 14.4 Å². The standard InChI is InChI=1S/C14H12N4O3/c1-16-8-15-10-11(16)17(2)14(21)18(13(10)20)12(19)9-6-4-3-5-7-9/h3-8H,1-2H3. The van der Waals surface area contributed by atoms with Gasteiger partial charge >= 0.3 is 5.69 Å². The number of benzene rings is 1. The number of aromatic nitrogens is 4. The van der Waals surface area contributed by atoms with Crippen molar-refractivity contribution in [3.8, 4) is 0 Å². The van der Waals surface area contributed by atoms with Crippen LogP contribution < -0.4 is 11.2 Å². The quantitative estimate of drug-likeness (QED) is 0.636. The summed E-state index contributed by atoms with van der Waals surface area (Å²) in [6.45, 7) is 0. The van der Waals surface area contributed by atoms with Crippen molar-refractivity contribution in [2.45, 2.75) is 0 Å². The summed E-state index contributed by atoms with van der Waals surface area (Å²) in [5.41, 5.74) is -0.662. The summed E-state index contributed by atoms with van der Waals surface area (Å²) in [5.74, 6) is -0.659. The number of imidazole rings is 1. The monoisotopic (exact) mass is 284 g/mol. The molecule has 0 spiro atoms. The fraction of sp³-hybridized carbons (Fsp3) is 0.143. The van der Waals surface area contributed by atoms with Crippen LogP contribution in [0.3, 0.4) is 0 Å². The van der Waals surface area contributed by atoms with Crippen LogP contribution in [0.1, 0.15) is 10.4 Å². The molecule has 0 aliphatic rings. The molecule has 2 aromatic heterocycles. The van der Waals surface area contributed by atoms with E-state index in [1.807, 2.05) is 0 Å². The van der Waals surface area contributed by atoms with E-state index in [1.54, 1.807) is 41.9 Å². The molecule has 0 bridgehead atoms. The third-order valence-corrected chi connectivity index (χ3v) is 3.33. The van der Waals surface area contributed by atoms with Crippen LogP contribution in [0.2, 0.25) is 0 Å². The Labute approximate surface area is 118 Å². The molecule has 7 heteroatoms. The molecule has 7 nitrogen and oxygen atoms in total. The molecule has 2 heterocycles. The summed E-state index contributed by atoms with van der Waals surface area (Å²) >= 11 is 0. The molecule has 0 fully saturated rings. The van der Waals surface area contributed by atoms with Gasteiger partial charge in [-0.25, -0.2) is 9.78 Å². The van der Waals surface area contributed by atoms with Crippen LogP contribution in [0, 0.1) is 0 Å². The van der Waals surface area contributed by atoms with Gasteiger partial charge < -0.3 is 4.57 Å². The molecular weight excluding hydrogens is 272 g/mol. The van der Waals surface area contributed by atoms with Gasteiger partial charge in [-0.3, -0.25) is 14.2 Å². The molecular formula is C14H12N4O3. The first-order valence-electron chi connectivity index (χ1n) is 6.25. The fourth-order valence-electron chi connectivity index (χ4n) is 2.29. The zero-order chi connectivity index (χ0) is 15.1. The molecule has 0 radical (unpaired) electrons. The minimum absolute atomic E-state index is 0.0869. The van der Waals surface area contributed by atoms with Gasteiger partial charge in [0.2, 0.25) is 0 Å². The van der Waals surface area contributed by atoms with Crippen LogP contribution in [-0.4, -0.2) is 24.6 Å². The highest BCUT2D eigenvalue weighted by Gasteiger charge is 2.20. The lowest BCUT2D eigenvalue weighted by molar-refractivity contribution is 0.0949. The number of hydrogen-bond donors (Lipinski definition) is 0. The minimum Gasteiger partial charge on any atom is -0.320 e. The summed E-state index contributed by atoms with van der Waals surface area (Å²) in [7, 11) is 3.18. The maximum Gasteiger partial charge on any atom is 0.339 e. The van der Waals surface area contributed by atoms with E-state index < -0.39 is 17.2 Å². The predicted molar refractivity (Wildman–Crippen MR) is 76.4 cm³/mol. The lowest BCUT2D eigenvalue weighted by atomic mass is 10.2. The van der Waals surface area contributed by atoms with E-state index in [0.29, 0.717) is 10.2 Å². The van der Waals surface area contributed by atoms with Crippen LogP contribution in [0.4, 0.5) is 0 Å². The Morgan fingerprint density at radius 2 is 1.76 bits per heavy atom. The number of carbonyl (C=O) groups is 1. The molecule has 0 aliphatic heterocycles. The SMILES string of the molecule is Cn1cnc2c(=O)n(C(=O)c3ccccc3)c(=O)n(C)c21. The lowest BCUT2D eigenvalue weighted by Crippen LogP contribution is -2.43. The Balaban J connectivity index is 2.37. The van der Waals surface area contributed by atoms with Crippen molar-refractivity contribution in [3.05, 3.63) is 63.1 Å². The Hall–Kier alpha value is -2.96. The highest BCUT2D eigenvalue weighted by molar-refractivity contribution is 5.96. The van der Waals surface area contributed by atoms with Crippen LogP contribution in [0.15, 0.2) is 46.2 Å². The summed E-state index contributed by atoms with van der Waals surface area (Å²) in [5, 5.41) is 0. The molecule has 3 rings (SSSR count). The van der Waals surface area contributed by atoms with Crippen LogP contribution in [0.25, 0.3) is 11.2 Å². The summed E-state index contributed by atoms with van der Waals surface area (Å²) in [6, 6.07) is 8.19. The van der Waals surface area contributed by atoms with Gasteiger partial charge in [0.25, 0.3) is 11.5 Å². The van der Waals surface area contributed by atoms with E-state index >= 15 is 0 Å². The molecule has 21 heavy (non-hydrogen) atoms. The van der Waals surface area contributed by atoms with Crippen molar-refractivity contribution < 1.29 is 4.79 Å². The summed E-state index contributed by atoms with van der Waals surface area (Å²) in [6.07, 6.45) is 1.43. The second kappa shape index (κ2) is 4.55. The summed E-state index contributed by atoms with van der Waals surface area (Å²) in [4.78, 5) is 41.1. The average Bonchev–Trinajstić information content (AvgIpc) is 2.88. The summed E-state index contributed by atoms with van der Waals surface area (Å²) < 4.78 is 3.42. The molecule has 0 atom stereocenters. The van der Waals surface area contributed by atoms with Crippen molar-refractivity contribution in [2.75, 3.05) is 0 Å². The number of hydrogen-bond acceptors (Lipinski definition) is 4. The minimum atomic E-state index is -0.706. The smallest absolute Gasteiger partial charge is 0.320 e. The van der Waals surface area contributed by atoms with E-state index in [1.165, 1.54) is 17.9 Å². The highest BCUT2D eigenvalue weighted by atomic mass is 16.2. The number of fused-ring (bicyclic) bond motifs is 1. The molecule has 0 unspecified atom stereocenters. The van der Waals surface area contributed by atoms with Gasteiger partial charge in [-0.05, 0) is 12.1 Å². The van der Waals surface area contributed by atoms with E-state index in [-0.39, 0.29) is 11.1 Å². The maximum atomic E-state index is 12.4. The first kappa shape index (κ1) is 13.0. The second-order valence-electron chi connectivity index (χ2n) is 4.68. The zero-order valence-corrected chi connectivity index (χ0v) is 11.5. The Kier molecular flexibility index (Phi) is 2.83. The van der Waals surface area contributed by atoms with E-state index in [0.717, 1.165) is 0 Å². The third-order valence-electron chi connectivity index (χ3n) is 3.33. The molecule has 0 N–H and O–H groups in total.